The number of amides is 1. The first-order valence-electron chi connectivity index (χ1n) is 10.2. The Morgan fingerprint density at radius 2 is 1.73 bits per heavy atom. The summed E-state index contributed by atoms with van der Waals surface area (Å²) in [7, 11) is -0.711. The van der Waals surface area contributed by atoms with Crippen LogP contribution in [0.15, 0.2) is 21.6 Å². The smallest absolute Gasteiger partial charge is 0.252 e. The van der Waals surface area contributed by atoms with Gasteiger partial charge in [0, 0.05) is 26.6 Å². The molecule has 8 nitrogen and oxygen atoms in total. The molecule has 0 aliphatic heterocycles. The molecule has 1 heterocycles. The Morgan fingerprint density at radius 3 is 2.27 bits per heavy atom. The van der Waals surface area contributed by atoms with Crippen LogP contribution in [0.4, 0.5) is 0 Å². The maximum atomic E-state index is 13.3. The molecule has 0 unspecified atom stereocenters. The van der Waals surface area contributed by atoms with Crippen molar-refractivity contribution in [3.8, 4) is 0 Å². The Hall–Kier alpha value is -2.26. The van der Waals surface area contributed by atoms with Crippen LogP contribution in [0.25, 0.3) is 0 Å². The van der Waals surface area contributed by atoms with Crippen LogP contribution < -0.4 is 5.32 Å². The van der Waals surface area contributed by atoms with Crippen molar-refractivity contribution >= 4 is 15.9 Å². The number of nitrogens with zero attached hydrogens (tertiary/aromatic N) is 3. The minimum Gasteiger partial charge on any atom is -0.340 e. The molecule has 2 aromatic rings. The van der Waals surface area contributed by atoms with E-state index in [1.165, 1.54) is 20.2 Å². The Morgan fingerprint density at radius 1 is 1.10 bits per heavy atom. The van der Waals surface area contributed by atoms with Crippen molar-refractivity contribution in [3.63, 3.8) is 0 Å². The zero-order valence-corrected chi connectivity index (χ0v) is 19.1. The van der Waals surface area contributed by atoms with E-state index in [-0.39, 0.29) is 10.8 Å². The quantitative estimate of drug-likeness (QED) is 0.725. The summed E-state index contributed by atoms with van der Waals surface area (Å²) >= 11 is 0. The lowest BCUT2D eigenvalue weighted by molar-refractivity contribution is 0.0876. The van der Waals surface area contributed by atoms with Gasteiger partial charge in [-0.25, -0.2) is 12.7 Å². The van der Waals surface area contributed by atoms with Gasteiger partial charge in [0.2, 0.25) is 15.9 Å². The zero-order valence-electron chi connectivity index (χ0n) is 18.3. The number of hydrogen-bond donors (Lipinski definition) is 1. The van der Waals surface area contributed by atoms with E-state index in [2.05, 4.69) is 15.5 Å². The van der Waals surface area contributed by atoms with Gasteiger partial charge in [-0.1, -0.05) is 30.8 Å². The first-order valence-corrected chi connectivity index (χ1v) is 11.7. The summed E-state index contributed by atoms with van der Waals surface area (Å²) in [5.41, 5.74) is 0.971. The third-order valence-electron chi connectivity index (χ3n) is 5.91. The highest BCUT2D eigenvalue weighted by molar-refractivity contribution is 7.89. The average molecular weight is 435 g/mol. The molecule has 0 radical (unpaired) electrons. The maximum absolute atomic E-state index is 13.3. The molecular weight excluding hydrogens is 404 g/mol. The maximum Gasteiger partial charge on any atom is 0.252 e. The van der Waals surface area contributed by atoms with Crippen LogP contribution in [-0.2, 0) is 15.6 Å². The van der Waals surface area contributed by atoms with Crippen LogP contribution in [0.3, 0.4) is 0 Å². The summed E-state index contributed by atoms with van der Waals surface area (Å²) in [6, 6.07) is 3.18. The van der Waals surface area contributed by atoms with Gasteiger partial charge in [0.05, 0.1) is 4.90 Å². The average Bonchev–Trinajstić information content (AvgIpc) is 2.99. The molecule has 0 spiro atoms. The number of nitrogens with one attached hydrogen (secondary N) is 1. The second-order valence-electron chi connectivity index (χ2n) is 8.29. The molecule has 1 aliphatic rings. The molecule has 9 heteroatoms. The van der Waals surface area contributed by atoms with Gasteiger partial charge in [-0.15, -0.1) is 0 Å². The van der Waals surface area contributed by atoms with Crippen molar-refractivity contribution in [3.05, 3.63) is 40.5 Å². The Bertz CT molecular complexity index is 1040. The highest BCUT2D eigenvalue weighted by Crippen LogP contribution is 2.35. The molecule has 1 saturated carbocycles. The molecule has 164 valence electrons. The Balaban J connectivity index is 2.02. The van der Waals surface area contributed by atoms with Crippen LogP contribution in [0.1, 0.15) is 71.7 Å². The summed E-state index contributed by atoms with van der Waals surface area (Å²) in [4.78, 5) is 17.9. The van der Waals surface area contributed by atoms with Crippen molar-refractivity contribution in [1.29, 1.82) is 0 Å². The van der Waals surface area contributed by atoms with E-state index < -0.39 is 15.6 Å². The number of sulfonamides is 1. The van der Waals surface area contributed by atoms with Crippen LogP contribution in [0.5, 0.6) is 0 Å². The van der Waals surface area contributed by atoms with Crippen molar-refractivity contribution in [2.75, 3.05) is 14.1 Å². The van der Waals surface area contributed by atoms with Crippen molar-refractivity contribution in [2.24, 2.45) is 0 Å². The topological polar surface area (TPSA) is 105 Å². The first kappa shape index (κ1) is 22.4. The van der Waals surface area contributed by atoms with E-state index in [1.807, 2.05) is 6.92 Å². The van der Waals surface area contributed by atoms with Gasteiger partial charge in [0.15, 0.2) is 5.82 Å². The second-order valence-corrected chi connectivity index (χ2v) is 10.4. The molecular formula is C21H30N4O4S. The number of benzene rings is 1. The third kappa shape index (κ3) is 4.27. The second kappa shape index (κ2) is 8.47. The molecule has 1 aromatic carbocycles. The lowest BCUT2D eigenvalue weighted by Gasteiger charge is -2.31. The molecule has 0 atom stereocenters. The zero-order chi connectivity index (χ0) is 22.1. The molecule has 1 aliphatic carbocycles. The van der Waals surface area contributed by atoms with Gasteiger partial charge >= 0.3 is 0 Å². The molecule has 3 rings (SSSR count). The van der Waals surface area contributed by atoms with Gasteiger partial charge in [0.1, 0.15) is 5.54 Å². The van der Waals surface area contributed by atoms with Crippen LogP contribution in [0.2, 0.25) is 0 Å². The summed E-state index contributed by atoms with van der Waals surface area (Å²) in [6.07, 6.45) is 5.49. The fraction of sp³-hybridized carbons (Fsp3) is 0.571. The van der Waals surface area contributed by atoms with Crippen molar-refractivity contribution in [1.82, 2.24) is 19.8 Å². The van der Waals surface area contributed by atoms with Gasteiger partial charge in [-0.2, -0.15) is 4.98 Å². The Kier molecular flexibility index (Phi) is 6.33. The summed E-state index contributed by atoms with van der Waals surface area (Å²) in [5.74, 6) is 0.603. The highest BCUT2D eigenvalue weighted by atomic mass is 32.2. The number of hydrogen-bond acceptors (Lipinski definition) is 6. The monoisotopic (exact) mass is 434 g/mol. The van der Waals surface area contributed by atoms with Crippen LogP contribution in [-0.4, -0.2) is 42.9 Å². The Labute approximate surface area is 178 Å². The summed E-state index contributed by atoms with van der Waals surface area (Å²) in [5, 5.41) is 7.25. The van der Waals surface area contributed by atoms with E-state index in [0.29, 0.717) is 35.7 Å². The molecule has 1 amide bonds. The predicted octanol–water partition coefficient (Wildman–Crippen LogP) is 3.22. The van der Waals surface area contributed by atoms with E-state index >= 15 is 0 Å². The first-order chi connectivity index (χ1) is 14.1. The third-order valence-corrected chi connectivity index (χ3v) is 7.85. The number of aryl methyl sites for hydroxylation is 2. The normalized spacial score (nSPS) is 17.0. The summed E-state index contributed by atoms with van der Waals surface area (Å²) < 4.78 is 31.9. The van der Waals surface area contributed by atoms with Gasteiger partial charge in [-0.05, 0) is 49.9 Å². The fourth-order valence-corrected chi connectivity index (χ4v) is 5.16. The van der Waals surface area contributed by atoms with Crippen LogP contribution >= 0.6 is 0 Å². The highest BCUT2D eigenvalue weighted by Gasteiger charge is 2.39. The van der Waals surface area contributed by atoms with Gasteiger partial charge < -0.3 is 9.84 Å². The van der Waals surface area contributed by atoms with E-state index in [4.69, 9.17) is 4.52 Å². The predicted molar refractivity (Wildman–Crippen MR) is 113 cm³/mol. The minimum atomic E-state index is -3.68. The molecule has 1 N–H and O–H groups in total. The van der Waals surface area contributed by atoms with E-state index in [0.717, 1.165) is 35.6 Å². The summed E-state index contributed by atoms with van der Waals surface area (Å²) in [6.45, 7) is 5.29. The van der Waals surface area contributed by atoms with E-state index in [9.17, 15) is 13.2 Å². The molecule has 1 fully saturated rings. The van der Waals surface area contributed by atoms with Gasteiger partial charge in [0.25, 0.3) is 5.91 Å². The SMILES string of the molecule is Cc1nc(C2(NC(=O)c3cc(C)c(C)c(S(=O)(=O)N(C)C)c3)CCCCCC2)no1. The molecule has 0 saturated heterocycles. The lowest BCUT2D eigenvalue weighted by Crippen LogP contribution is -2.46. The van der Waals surface area contributed by atoms with Crippen molar-refractivity contribution in [2.45, 2.75) is 69.7 Å². The minimum absolute atomic E-state index is 0.142. The van der Waals surface area contributed by atoms with E-state index in [1.54, 1.807) is 19.9 Å². The largest absolute Gasteiger partial charge is 0.340 e. The number of rotatable bonds is 5. The number of carbonyl (C=O) groups is 1. The van der Waals surface area contributed by atoms with Crippen molar-refractivity contribution < 1.29 is 17.7 Å². The van der Waals surface area contributed by atoms with Crippen LogP contribution in [0, 0.1) is 20.8 Å². The lowest BCUT2D eigenvalue weighted by atomic mass is 9.88. The van der Waals surface area contributed by atoms with Gasteiger partial charge in [-0.3, -0.25) is 4.79 Å². The molecule has 0 bridgehead atoms. The standard InChI is InChI=1S/C21H30N4O4S/c1-14-12-17(13-18(15(14)2)30(27,28)25(4)5)19(26)23-21(10-8-6-7-9-11-21)20-22-16(3)29-24-20/h12-13H,6-11H2,1-5H3,(H,23,26). The fourth-order valence-electron chi connectivity index (χ4n) is 3.94. The molecule has 30 heavy (non-hydrogen) atoms. The molecule has 1 aromatic heterocycles. The number of carbonyl (C=O) groups excluding carboxylic acids is 1. The number of aromatic nitrogens is 2.